The number of thiophene rings is 2. The van der Waals surface area contributed by atoms with Crippen molar-refractivity contribution in [3.8, 4) is 9.75 Å². The van der Waals surface area contributed by atoms with E-state index in [4.69, 9.17) is 9.47 Å². The first-order valence-electron chi connectivity index (χ1n) is 6.97. The predicted octanol–water partition coefficient (Wildman–Crippen LogP) is 3.61. The molecule has 3 heterocycles. The Morgan fingerprint density at radius 1 is 1.45 bits per heavy atom. The first-order valence-corrected chi connectivity index (χ1v) is 8.67. The minimum absolute atomic E-state index is 0.0127. The molecular formula is C16H17NO3S2. The highest BCUT2D eigenvalue weighted by atomic mass is 32.1. The Labute approximate surface area is 137 Å². The minimum Gasteiger partial charge on any atom is -0.467 e. The van der Waals surface area contributed by atoms with Gasteiger partial charge in [0.15, 0.2) is 6.04 Å². The third-order valence-corrected chi connectivity index (χ3v) is 5.98. The molecule has 0 aliphatic carbocycles. The van der Waals surface area contributed by atoms with E-state index in [-0.39, 0.29) is 12.1 Å². The van der Waals surface area contributed by atoms with E-state index in [1.807, 2.05) is 26.0 Å². The Kier molecular flexibility index (Phi) is 4.16. The fourth-order valence-corrected chi connectivity index (χ4v) is 4.03. The summed E-state index contributed by atoms with van der Waals surface area (Å²) in [6, 6.07) is 7.59. The van der Waals surface area contributed by atoms with Gasteiger partial charge >= 0.3 is 5.97 Å². The number of epoxide rings is 1. The second-order valence-corrected chi connectivity index (χ2v) is 7.39. The third-order valence-electron chi connectivity index (χ3n) is 3.89. The second kappa shape index (κ2) is 5.95. The minimum atomic E-state index is -0.625. The van der Waals surface area contributed by atoms with Crippen LogP contribution in [0.1, 0.15) is 18.7 Å². The second-order valence-electron chi connectivity index (χ2n) is 5.33. The summed E-state index contributed by atoms with van der Waals surface area (Å²) < 4.78 is 10.4. The Morgan fingerprint density at radius 3 is 2.82 bits per heavy atom. The summed E-state index contributed by atoms with van der Waals surface area (Å²) in [6.07, 6.45) is 1.75. The van der Waals surface area contributed by atoms with E-state index < -0.39 is 11.6 Å². The van der Waals surface area contributed by atoms with Gasteiger partial charge in [0.25, 0.3) is 0 Å². The number of hydrogen-bond acceptors (Lipinski definition) is 6. The van der Waals surface area contributed by atoms with Crippen molar-refractivity contribution in [3.05, 3.63) is 34.5 Å². The molecule has 0 aromatic carbocycles. The Hall–Kier alpha value is -1.50. The summed E-state index contributed by atoms with van der Waals surface area (Å²) in [5, 5.41) is 2.06. The van der Waals surface area contributed by atoms with Crippen LogP contribution in [0.4, 0.5) is 0 Å². The maximum Gasteiger partial charge on any atom is 0.333 e. The monoisotopic (exact) mass is 335 g/mol. The molecule has 1 saturated heterocycles. The molecule has 1 fully saturated rings. The number of methoxy groups -OCH3 is 1. The molecule has 0 bridgehead atoms. The van der Waals surface area contributed by atoms with Crippen molar-refractivity contribution >= 4 is 34.9 Å². The Morgan fingerprint density at radius 2 is 2.23 bits per heavy atom. The van der Waals surface area contributed by atoms with Crippen LogP contribution in [-0.2, 0) is 14.3 Å². The van der Waals surface area contributed by atoms with E-state index in [0.717, 1.165) is 4.88 Å². The summed E-state index contributed by atoms with van der Waals surface area (Å²) in [6.45, 7) is 3.83. The van der Waals surface area contributed by atoms with Gasteiger partial charge in [-0.2, -0.15) is 0 Å². The van der Waals surface area contributed by atoms with Crippen LogP contribution in [0.15, 0.2) is 34.6 Å². The van der Waals surface area contributed by atoms with Crippen molar-refractivity contribution in [2.45, 2.75) is 31.6 Å². The van der Waals surface area contributed by atoms with Gasteiger partial charge in [0.05, 0.1) is 13.2 Å². The lowest BCUT2D eigenvalue weighted by Crippen LogP contribution is -2.35. The molecule has 6 heteroatoms. The molecule has 0 amide bonds. The number of rotatable bonds is 5. The van der Waals surface area contributed by atoms with Crippen LogP contribution in [0.5, 0.6) is 0 Å². The van der Waals surface area contributed by atoms with Gasteiger partial charge < -0.3 is 9.47 Å². The molecule has 3 rings (SSSR count). The van der Waals surface area contributed by atoms with E-state index in [0.29, 0.717) is 0 Å². The molecule has 3 atom stereocenters. The van der Waals surface area contributed by atoms with Gasteiger partial charge in [-0.3, -0.25) is 4.99 Å². The maximum absolute atomic E-state index is 11.9. The van der Waals surface area contributed by atoms with Crippen LogP contribution < -0.4 is 0 Å². The molecule has 1 unspecified atom stereocenters. The van der Waals surface area contributed by atoms with Crippen molar-refractivity contribution in [2.24, 2.45) is 4.99 Å². The summed E-state index contributed by atoms with van der Waals surface area (Å²) in [7, 11) is 1.38. The standard InChI is InChI=1S/C16H17NO3S2/c1-10-16(2,20-10)14(15(18)19-3)17-9-11-6-7-13(22-11)12-5-4-8-21-12/h4-10,14H,1-3H3/b17-9+/t10?,14-,16-/m1/s1. The highest BCUT2D eigenvalue weighted by Gasteiger charge is 2.58. The first-order chi connectivity index (χ1) is 10.5. The average molecular weight is 335 g/mol. The molecule has 2 aromatic heterocycles. The van der Waals surface area contributed by atoms with Gasteiger partial charge in [0.1, 0.15) is 5.60 Å². The predicted molar refractivity (Wildman–Crippen MR) is 90.0 cm³/mol. The molecule has 4 nitrogen and oxygen atoms in total. The van der Waals surface area contributed by atoms with Crippen molar-refractivity contribution in [1.82, 2.24) is 0 Å². The quantitative estimate of drug-likeness (QED) is 0.476. The summed E-state index contributed by atoms with van der Waals surface area (Å²) >= 11 is 3.36. The highest BCUT2D eigenvalue weighted by Crippen LogP contribution is 2.41. The molecule has 0 N–H and O–H groups in total. The zero-order valence-electron chi connectivity index (χ0n) is 12.6. The molecule has 1 aliphatic rings. The van der Waals surface area contributed by atoms with Gasteiger partial charge in [0.2, 0.25) is 0 Å². The Bertz CT molecular complexity index is 692. The van der Waals surface area contributed by atoms with E-state index >= 15 is 0 Å². The van der Waals surface area contributed by atoms with Gasteiger partial charge in [-0.25, -0.2) is 4.79 Å². The van der Waals surface area contributed by atoms with Crippen LogP contribution in [0.3, 0.4) is 0 Å². The lowest BCUT2D eigenvalue weighted by Gasteiger charge is -2.14. The molecular weight excluding hydrogens is 318 g/mol. The van der Waals surface area contributed by atoms with Crippen LogP contribution in [0.2, 0.25) is 0 Å². The number of ether oxygens (including phenoxy) is 2. The number of esters is 1. The molecule has 0 radical (unpaired) electrons. The van der Waals surface area contributed by atoms with Gasteiger partial charge in [-0.15, -0.1) is 22.7 Å². The summed E-state index contributed by atoms with van der Waals surface area (Å²) in [4.78, 5) is 19.8. The van der Waals surface area contributed by atoms with E-state index in [1.165, 1.54) is 16.9 Å². The van der Waals surface area contributed by atoms with Gasteiger partial charge in [0, 0.05) is 20.8 Å². The summed E-state index contributed by atoms with van der Waals surface area (Å²) in [5.74, 6) is -0.363. The van der Waals surface area contributed by atoms with Gasteiger partial charge in [-0.1, -0.05) is 6.07 Å². The molecule has 0 spiro atoms. The van der Waals surface area contributed by atoms with Crippen molar-refractivity contribution in [1.29, 1.82) is 0 Å². The average Bonchev–Trinajstić information content (AvgIpc) is 2.99. The van der Waals surface area contributed by atoms with Crippen LogP contribution in [0, 0.1) is 0 Å². The largest absolute Gasteiger partial charge is 0.467 e. The fourth-order valence-electron chi connectivity index (χ4n) is 2.31. The first kappa shape index (κ1) is 15.4. The van der Waals surface area contributed by atoms with Crippen molar-refractivity contribution < 1.29 is 14.3 Å². The zero-order valence-corrected chi connectivity index (χ0v) is 14.2. The Balaban J connectivity index is 1.78. The molecule has 116 valence electrons. The maximum atomic E-state index is 11.9. The zero-order chi connectivity index (χ0) is 15.7. The van der Waals surface area contributed by atoms with Crippen molar-refractivity contribution in [3.63, 3.8) is 0 Å². The normalized spacial score (nSPS) is 25.3. The van der Waals surface area contributed by atoms with E-state index in [1.54, 1.807) is 28.9 Å². The van der Waals surface area contributed by atoms with Gasteiger partial charge in [-0.05, 0) is 37.4 Å². The van der Waals surface area contributed by atoms with E-state index in [9.17, 15) is 4.79 Å². The number of nitrogens with zero attached hydrogens (tertiary/aromatic N) is 1. The number of carbonyl (C=O) groups is 1. The lowest BCUT2D eigenvalue weighted by molar-refractivity contribution is -0.143. The number of aliphatic imine (C=N–C) groups is 1. The van der Waals surface area contributed by atoms with Crippen LogP contribution >= 0.6 is 22.7 Å². The van der Waals surface area contributed by atoms with Crippen LogP contribution in [-0.4, -0.2) is 37.0 Å². The third kappa shape index (κ3) is 2.86. The highest BCUT2D eigenvalue weighted by molar-refractivity contribution is 7.22. The molecule has 22 heavy (non-hydrogen) atoms. The fraction of sp³-hybridized carbons (Fsp3) is 0.375. The number of hydrogen-bond donors (Lipinski definition) is 0. The van der Waals surface area contributed by atoms with E-state index in [2.05, 4.69) is 22.5 Å². The summed E-state index contributed by atoms with van der Waals surface area (Å²) in [5.41, 5.74) is -0.558. The topological polar surface area (TPSA) is 51.2 Å². The van der Waals surface area contributed by atoms with Crippen LogP contribution in [0.25, 0.3) is 9.75 Å². The lowest BCUT2D eigenvalue weighted by atomic mass is 9.99. The SMILES string of the molecule is COC(=O)[C@@H](/N=C/c1ccc(-c2cccs2)s1)[C@]1(C)OC1C. The number of carbonyl (C=O) groups excluding carboxylic acids is 1. The molecule has 0 saturated carbocycles. The molecule has 1 aliphatic heterocycles. The van der Waals surface area contributed by atoms with Crippen molar-refractivity contribution in [2.75, 3.05) is 7.11 Å². The molecule has 2 aromatic rings. The smallest absolute Gasteiger partial charge is 0.333 e.